The van der Waals surface area contributed by atoms with Crippen LogP contribution < -0.4 is 15.0 Å². The van der Waals surface area contributed by atoms with Crippen molar-refractivity contribution in [3.63, 3.8) is 0 Å². The molecule has 0 saturated carbocycles. The van der Waals surface area contributed by atoms with Crippen molar-refractivity contribution in [2.24, 2.45) is 0 Å². The first-order valence-corrected chi connectivity index (χ1v) is 10.5. The van der Waals surface area contributed by atoms with Gasteiger partial charge in [-0.2, -0.15) is 13.2 Å². The second-order valence-electron chi connectivity index (χ2n) is 7.62. The first-order valence-electron chi connectivity index (χ1n) is 10.1. The zero-order valence-electron chi connectivity index (χ0n) is 18.5. The number of benzene rings is 2. The second-order valence-corrected chi connectivity index (χ2v) is 8.01. The second kappa shape index (κ2) is 9.30. The quantitative estimate of drug-likeness (QED) is 0.611. The Labute approximate surface area is 195 Å². The Hall–Kier alpha value is -3.27. The molecule has 0 radical (unpaired) electrons. The number of ether oxygens (including phenoxy) is 1. The van der Waals surface area contributed by atoms with Crippen LogP contribution in [-0.2, 0) is 11.0 Å². The van der Waals surface area contributed by atoms with Gasteiger partial charge >= 0.3 is 6.18 Å². The summed E-state index contributed by atoms with van der Waals surface area (Å²) < 4.78 is 45.3. The largest absolute Gasteiger partial charge is 0.504 e. The van der Waals surface area contributed by atoms with Crippen molar-refractivity contribution in [2.45, 2.75) is 26.1 Å². The standard InChI is InChI=1S/C23H24F3N3O3S/c1-5-32-18-11-14(9-10-17(18)30)20-19(21(31)28(3)4)13(2)29(22(33)27-20)16-8-6-7-15(12-16)23(24,25)26/h6-12,20,30H,5H2,1-4H3,(H,27,33)/t20-/m0/s1. The van der Waals surface area contributed by atoms with E-state index in [1.807, 2.05) is 0 Å². The summed E-state index contributed by atoms with van der Waals surface area (Å²) in [5.41, 5.74) is 0.667. The fraction of sp³-hybridized carbons (Fsp3) is 0.304. The molecule has 1 atom stereocenters. The predicted molar refractivity (Wildman–Crippen MR) is 123 cm³/mol. The van der Waals surface area contributed by atoms with E-state index in [-0.39, 0.29) is 28.2 Å². The van der Waals surface area contributed by atoms with Gasteiger partial charge < -0.3 is 20.1 Å². The van der Waals surface area contributed by atoms with Crippen LogP contribution in [0, 0.1) is 0 Å². The Kier molecular flexibility index (Phi) is 6.87. The normalized spacial score (nSPS) is 16.5. The summed E-state index contributed by atoms with van der Waals surface area (Å²) in [4.78, 5) is 16.0. The van der Waals surface area contributed by atoms with E-state index in [1.54, 1.807) is 40.1 Å². The number of likely N-dealkylation sites (N-methyl/N-ethyl adjacent to an activating group) is 1. The first kappa shape index (κ1) is 24.4. The Morgan fingerprint density at radius 3 is 2.55 bits per heavy atom. The van der Waals surface area contributed by atoms with E-state index in [1.165, 1.54) is 28.0 Å². The smallest absolute Gasteiger partial charge is 0.416 e. The lowest BCUT2D eigenvalue weighted by Gasteiger charge is -2.38. The summed E-state index contributed by atoms with van der Waals surface area (Å²) in [5.74, 6) is -0.140. The van der Waals surface area contributed by atoms with Gasteiger partial charge in [-0.05, 0) is 62.0 Å². The zero-order valence-corrected chi connectivity index (χ0v) is 19.3. The third-order valence-corrected chi connectivity index (χ3v) is 5.47. The van der Waals surface area contributed by atoms with Gasteiger partial charge in [0.1, 0.15) is 0 Å². The number of halogens is 3. The van der Waals surface area contributed by atoms with E-state index in [2.05, 4.69) is 5.32 Å². The minimum Gasteiger partial charge on any atom is -0.504 e. The number of anilines is 1. The lowest BCUT2D eigenvalue weighted by molar-refractivity contribution is -0.137. The van der Waals surface area contributed by atoms with E-state index in [0.717, 1.165) is 12.1 Å². The van der Waals surface area contributed by atoms with Crippen LogP contribution in [0.3, 0.4) is 0 Å². The molecular weight excluding hydrogens is 455 g/mol. The number of carbonyl (C=O) groups is 1. The minimum absolute atomic E-state index is 0.0502. The maximum atomic E-state index is 13.3. The van der Waals surface area contributed by atoms with Crippen LogP contribution in [0.2, 0.25) is 0 Å². The molecule has 3 rings (SSSR count). The Morgan fingerprint density at radius 2 is 1.94 bits per heavy atom. The number of nitrogens with zero attached hydrogens (tertiary/aromatic N) is 2. The van der Waals surface area contributed by atoms with Crippen molar-refractivity contribution in [1.82, 2.24) is 10.2 Å². The third kappa shape index (κ3) is 4.90. The van der Waals surface area contributed by atoms with Gasteiger partial charge in [0, 0.05) is 25.5 Å². The van der Waals surface area contributed by atoms with Crippen LogP contribution in [-0.4, -0.2) is 41.7 Å². The summed E-state index contributed by atoms with van der Waals surface area (Å²) in [6, 6.07) is 8.75. The lowest BCUT2D eigenvalue weighted by Crippen LogP contribution is -2.49. The molecule has 2 aromatic rings. The molecule has 1 amide bonds. The number of amides is 1. The predicted octanol–water partition coefficient (Wildman–Crippen LogP) is 4.61. The molecule has 0 bridgehead atoms. The van der Waals surface area contributed by atoms with Crippen molar-refractivity contribution in [2.75, 3.05) is 25.6 Å². The summed E-state index contributed by atoms with van der Waals surface area (Å²) in [7, 11) is 3.17. The molecule has 0 aliphatic carbocycles. The summed E-state index contributed by atoms with van der Waals surface area (Å²) in [6.45, 7) is 3.74. The number of nitrogens with one attached hydrogen (secondary N) is 1. The molecule has 2 aromatic carbocycles. The van der Waals surface area contributed by atoms with Gasteiger partial charge in [-0.15, -0.1) is 0 Å². The van der Waals surface area contributed by atoms with E-state index >= 15 is 0 Å². The molecule has 0 saturated heterocycles. The number of aromatic hydroxyl groups is 1. The molecule has 0 fully saturated rings. The number of allylic oxidation sites excluding steroid dienone is 1. The Bertz CT molecular complexity index is 1120. The van der Waals surface area contributed by atoms with Gasteiger partial charge in [-0.1, -0.05) is 12.1 Å². The SMILES string of the molecule is CCOc1cc([C@@H]2NC(=S)N(c3cccc(C(F)(F)F)c3)C(C)=C2C(=O)N(C)C)ccc1O. The highest BCUT2D eigenvalue weighted by molar-refractivity contribution is 7.80. The minimum atomic E-state index is -4.52. The molecule has 1 aliphatic heterocycles. The molecule has 33 heavy (non-hydrogen) atoms. The fourth-order valence-electron chi connectivity index (χ4n) is 3.62. The molecular formula is C23H24F3N3O3S. The number of hydrogen-bond acceptors (Lipinski definition) is 4. The average molecular weight is 480 g/mol. The highest BCUT2D eigenvalue weighted by Gasteiger charge is 2.37. The molecule has 10 heteroatoms. The van der Waals surface area contributed by atoms with Gasteiger partial charge in [0.15, 0.2) is 16.6 Å². The molecule has 1 aliphatic rings. The number of alkyl halides is 3. The number of hydrogen-bond donors (Lipinski definition) is 2. The van der Waals surface area contributed by atoms with Crippen molar-refractivity contribution >= 4 is 28.9 Å². The van der Waals surface area contributed by atoms with E-state index in [9.17, 15) is 23.1 Å². The van der Waals surface area contributed by atoms with Crippen LogP contribution in [0.4, 0.5) is 18.9 Å². The van der Waals surface area contributed by atoms with Crippen LogP contribution >= 0.6 is 12.2 Å². The summed E-state index contributed by atoms with van der Waals surface area (Å²) >= 11 is 5.51. The molecule has 2 N–H and O–H groups in total. The van der Waals surface area contributed by atoms with Gasteiger partial charge in [-0.3, -0.25) is 9.69 Å². The molecule has 0 unspecified atom stereocenters. The van der Waals surface area contributed by atoms with Crippen LogP contribution in [0.15, 0.2) is 53.7 Å². The lowest BCUT2D eigenvalue weighted by atomic mass is 9.93. The zero-order chi connectivity index (χ0) is 24.5. The third-order valence-electron chi connectivity index (χ3n) is 5.17. The topological polar surface area (TPSA) is 65.0 Å². The molecule has 1 heterocycles. The highest BCUT2D eigenvalue weighted by atomic mass is 32.1. The Morgan fingerprint density at radius 1 is 1.24 bits per heavy atom. The van der Waals surface area contributed by atoms with Crippen molar-refractivity contribution in [3.8, 4) is 11.5 Å². The van der Waals surface area contributed by atoms with Gasteiger partial charge in [-0.25, -0.2) is 0 Å². The monoisotopic (exact) mass is 479 g/mol. The van der Waals surface area contributed by atoms with Crippen molar-refractivity contribution in [3.05, 3.63) is 64.9 Å². The Balaban J connectivity index is 2.17. The van der Waals surface area contributed by atoms with E-state index < -0.39 is 17.8 Å². The van der Waals surface area contributed by atoms with Gasteiger partial charge in [0.25, 0.3) is 5.91 Å². The summed E-state index contributed by atoms with van der Waals surface area (Å²) in [6.07, 6.45) is -4.52. The van der Waals surface area contributed by atoms with Crippen molar-refractivity contribution in [1.29, 1.82) is 0 Å². The molecule has 0 spiro atoms. The average Bonchev–Trinajstić information content (AvgIpc) is 2.74. The van der Waals surface area contributed by atoms with E-state index in [4.69, 9.17) is 17.0 Å². The van der Waals surface area contributed by atoms with Crippen LogP contribution in [0.1, 0.15) is 31.0 Å². The number of phenols is 1. The van der Waals surface area contributed by atoms with E-state index in [0.29, 0.717) is 23.4 Å². The number of phenolic OH excluding ortho intramolecular Hbond substituents is 1. The first-order chi connectivity index (χ1) is 15.5. The van der Waals surface area contributed by atoms with Crippen LogP contribution in [0.5, 0.6) is 11.5 Å². The fourth-order valence-corrected chi connectivity index (χ4v) is 3.98. The number of rotatable bonds is 5. The van der Waals surface area contributed by atoms with Crippen LogP contribution in [0.25, 0.3) is 0 Å². The highest BCUT2D eigenvalue weighted by Crippen LogP contribution is 2.39. The van der Waals surface area contributed by atoms with Crippen molar-refractivity contribution < 1.29 is 27.8 Å². The van der Waals surface area contributed by atoms with Gasteiger partial charge in [0.2, 0.25) is 0 Å². The molecule has 6 nitrogen and oxygen atoms in total. The summed E-state index contributed by atoms with van der Waals surface area (Å²) in [5, 5.41) is 13.3. The number of thiocarbonyl (C=S) groups is 1. The maximum Gasteiger partial charge on any atom is 0.416 e. The number of carbonyl (C=O) groups excluding carboxylic acids is 1. The maximum absolute atomic E-state index is 13.3. The van der Waals surface area contributed by atoms with Gasteiger partial charge in [0.05, 0.1) is 23.8 Å². The molecule has 0 aromatic heterocycles. The molecule has 176 valence electrons.